The van der Waals surface area contributed by atoms with Crippen molar-refractivity contribution in [1.29, 1.82) is 0 Å². The van der Waals surface area contributed by atoms with Gasteiger partial charge in [0.25, 0.3) is 10.0 Å². The second-order valence-corrected chi connectivity index (χ2v) is 11.1. The number of sulfonamides is 1. The summed E-state index contributed by atoms with van der Waals surface area (Å²) in [7, 11) is -3.43. The third-order valence-electron chi connectivity index (χ3n) is 5.53. The summed E-state index contributed by atoms with van der Waals surface area (Å²) in [5.41, 5.74) is 3.31. The summed E-state index contributed by atoms with van der Waals surface area (Å²) in [6.45, 7) is 3.11. The number of rotatable bonds is 7. The molecule has 2 heterocycles. The first-order valence-corrected chi connectivity index (χ1v) is 12.7. The zero-order valence-electron chi connectivity index (χ0n) is 17.5. The number of nitrogens with one attached hydrogen (secondary N) is 1. The summed E-state index contributed by atoms with van der Waals surface area (Å²) in [6.07, 6.45) is 1.99. The highest BCUT2D eigenvalue weighted by Crippen LogP contribution is 2.28. The van der Waals surface area contributed by atoms with Crippen LogP contribution in [0.5, 0.6) is 0 Å². The number of hydrogen-bond acceptors (Lipinski definition) is 4. The fourth-order valence-corrected chi connectivity index (χ4v) is 6.80. The van der Waals surface area contributed by atoms with Gasteiger partial charge in [0.05, 0.1) is 12.5 Å². The molecule has 1 N–H and O–H groups in total. The average molecular weight is 455 g/mol. The fraction of sp³-hybridized carbons (Fsp3) is 0.292. The zero-order valence-corrected chi connectivity index (χ0v) is 19.1. The van der Waals surface area contributed by atoms with Crippen molar-refractivity contribution in [3.8, 4) is 11.1 Å². The molecule has 5 nitrogen and oxygen atoms in total. The minimum Gasteiger partial charge on any atom is -0.349 e. The van der Waals surface area contributed by atoms with Crippen LogP contribution < -0.4 is 5.32 Å². The Bertz CT molecular complexity index is 1130. The van der Waals surface area contributed by atoms with Crippen molar-refractivity contribution in [3.63, 3.8) is 0 Å². The number of carbonyl (C=O) groups excluding carboxylic acids is 1. The quantitative estimate of drug-likeness (QED) is 0.566. The summed E-state index contributed by atoms with van der Waals surface area (Å²) >= 11 is 1.19. The predicted molar refractivity (Wildman–Crippen MR) is 124 cm³/mol. The molecule has 7 heteroatoms. The molecule has 0 aliphatic carbocycles. The van der Waals surface area contributed by atoms with Crippen LogP contribution in [0, 0.1) is 0 Å². The van der Waals surface area contributed by atoms with Crippen molar-refractivity contribution in [2.45, 2.75) is 36.4 Å². The van der Waals surface area contributed by atoms with Gasteiger partial charge in [0, 0.05) is 18.0 Å². The summed E-state index contributed by atoms with van der Waals surface area (Å²) in [4.78, 5) is 13.3. The number of amides is 1. The summed E-state index contributed by atoms with van der Waals surface area (Å²) in [5, 5.41) is 3.01. The van der Waals surface area contributed by atoms with E-state index in [9.17, 15) is 13.2 Å². The van der Waals surface area contributed by atoms with E-state index in [-0.39, 0.29) is 18.4 Å². The Kier molecular flexibility index (Phi) is 6.55. The second kappa shape index (κ2) is 9.34. The SMILES string of the molecule is C[C@@H](NC(=O)Cc1ccc(S(=O)(=O)N2CCCC2)s1)c1ccc(-c2ccccc2)cc1. The Morgan fingerprint density at radius 1 is 0.968 bits per heavy atom. The van der Waals surface area contributed by atoms with Crippen LogP contribution in [0.1, 0.15) is 36.2 Å². The lowest BCUT2D eigenvalue weighted by Crippen LogP contribution is -2.28. The molecule has 1 aliphatic heterocycles. The van der Waals surface area contributed by atoms with Crippen molar-refractivity contribution in [2.75, 3.05) is 13.1 Å². The van der Waals surface area contributed by atoms with E-state index in [0.29, 0.717) is 17.3 Å². The van der Waals surface area contributed by atoms with Crippen LogP contribution in [0.25, 0.3) is 11.1 Å². The lowest BCUT2D eigenvalue weighted by Gasteiger charge is -2.15. The highest BCUT2D eigenvalue weighted by molar-refractivity contribution is 7.91. The topological polar surface area (TPSA) is 66.5 Å². The van der Waals surface area contributed by atoms with Crippen molar-refractivity contribution in [2.24, 2.45) is 0 Å². The van der Waals surface area contributed by atoms with E-state index in [2.05, 4.69) is 29.6 Å². The molecule has 0 saturated carbocycles. The fourth-order valence-electron chi connectivity index (χ4n) is 3.78. The number of hydrogen-bond donors (Lipinski definition) is 1. The molecule has 1 atom stereocenters. The Hall–Kier alpha value is -2.48. The first-order valence-electron chi connectivity index (χ1n) is 10.5. The van der Waals surface area contributed by atoms with Gasteiger partial charge in [-0.3, -0.25) is 4.79 Å². The molecule has 2 aromatic carbocycles. The summed E-state index contributed by atoms with van der Waals surface area (Å²) in [6, 6.07) is 21.6. The molecule has 1 aliphatic rings. The van der Waals surface area contributed by atoms with Crippen molar-refractivity contribution in [3.05, 3.63) is 77.2 Å². The molecule has 1 fully saturated rings. The predicted octanol–water partition coefficient (Wildman–Crippen LogP) is 4.62. The third-order valence-corrected chi connectivity index (χ3v) is 8.98. The van der Waals surface area contributed by atoms with E-state index in [0.717, 1.165) is 34.4 Å². The molecule has 1 aromatic heterocycles. The van der Waals surface area contributed by atoms with Crippen LogP contribution in [0.3, 0.4) is 0 Å². The Morgan fingerprint density at radius 2 is 1.61 bits per heavy atom. The Labute approximate surface area is 187 Å². The summed E-state index contributed by atoms with van der Waals surface area (Å²) < 4.78 is 27.2. The molecule has 0 bridgehead atoms. The number of carbonyl (C=O) groups is 1. The molecule has 0 radical (unpaired) electrons. The highest BCUT2D eigenvalue weighted by atomic mass is 32.2. The Morgan fingerprint density at radius 3 is 2.29 bits per heavy atom. The molecule has 1 saturated heterocycles. The van der Waals surface area contributed by atoms with Crippen LogP contribution in [-0.2, 0) is 21.2 Å². The lowest BCUT2D eigenvalue weighted by molar-refractivity contribution is -0.121. The van der Waals surface area contributed by atoms with E-state index in [1.807, 2.05) is 37.3 Å². The van der Waals surface area contributed by atoms with Crippen molar-refractivity contribution >= 4 is 27.3 Å². The normalized spacial score (nSPS) is 15.6. The molecule has 1 amide bonds. The number of benzene rings is 2. The first-order chi connectivity index (χ1) is 14.9. The molecule has 162 valence electrons. The van der Waals surface area contributed by atoms with Gasteiger partial charge >= 0.3 is 0 Å². The van der Waals surface area contributed by atoms with Gasteiger partial charge in [0.1, 0.15) is 4.21 Å². The monoisotopic (exact) mass is 454 g/mol. The maximum absolute atomic E-state index is 12.7. The van der Waals surface area contributed by atoms with Gasteiger partial charge in [0.2, 0.25) is 5.91 Å². The summed E-state index contributed by atoms with van der Waals surface area (Å²) in [5.74, 6) is -0.119. The molecule has 0 spiro atoms. The van der Waals surface area contributed by atoms with Gasteiger partial charge < -0.3 is 5.32 Å². The minimum absolute atomic E-state index is 0.119. The van der Waals surface area contributed by atoms with E-state index in [1.165, 1.54) is 15.6 Å². The van der Waals surface area contributed by atoms with Crippen LogP contribution in [0.15, 0.2) is 70.9 Å². The van der Waals surface area contributed by atoms with E-state index in [4.69, 9.17) is 0 Å². The van der Waals surface area contributed by atoms with Crippen LogP contribution in [0.2, 0.25) is 0 Å². The largest absolute Gasteiger partial charge is 0.349 e. The average Bonchev–Trinajstić information content (AvgIpc) is 3.47. The molecular weight excluding hydrogens is 428 g/mol. The zero-order chi connectivity index (χ0) is 21.8. The molecule has 0 unspecified atom stereocenters. The number of thiophene rings is 1. The molecule has 4 rings (SSSR count). The van der Waals surface area contributed by atoms with Gasteiger partial charge in [0.15, 0.2) is 0 Å². The second-order valence-electron chi connectivity index (χ2n) is 7.79. The van der Waals surface area contributed by atoms with Crippen LogP contribution >= 0.6 is 11.3 Å². The van der Waals surface area contributed by atoms with Crippen LogP contribution in [0.4, 0.5) is 0 Å². The maximum atomic E-state index is 12.7. The van der Waals surface area contributed by atoms with Gasteiger partial charge in [-0.2, -0.15) is 4.31 Å². The van der Waals surface area contributed by atoms with Crippen LogP contribution in [-0.4, -0.2) is 31.7 Å². The first kappa shape index (κ1) is 21.7. The molecule has 3 aromatic rings. The minimum atomic E-state index is -3.43. The van der Waals surface area contributed by atoms with Gasteiger partial charge in [-0.1, -0.05) is 54.6 Å². The van der Waals surface area contributed by atoms with Gasteiger partial charge in [-0.05, 0) is 48.6 Å². The smallest absolute Gasteiger partial charge is 0.252 e. The highest BCUT2D eigenvalue weighted by Gasteiger charge is 2.28. The van der Waals surface area contributed by atoms with E-state index >= 15 is 0 Å². The molecular formula is C24H26N2O3S2. The van der Waals surface area contributed by atoms with Gasteiger partial charge in [-0.15, -0.1) is 11.3 Å². The van der Waals surface area contributed by atoms with E-state index in [1.54, 1.807) is 12.1 Å². The Balaban J connectivity index is 1.36. The van der Waals surface area contributed by atoms with E-state index < -0.39 is 10.0 Å². The molecule has 31 heavy (non-hydrogen) atoms. The van der Waals surface area contributed by atoms with Gasteiger partial charge in [-0.25, -0.2) is 8.42 Å². The maximum Gasteiger partial charge on any atom is 0.252 e. The third kappa shape index (κ3) is 5.06. The lowest BCUT2D eigenvalue weighted by atomic mass is 10.0. The van der Waals surface area contributed by atoms with Crippen molar-refractivity contribution in [1.82, 2.24) is 9.62 Å². The standard InChI is InChI=1S/C24H26N2O3S2/c1-18(19-9-11-21(12-10-19)20-7-3-2-4-8-20)25-23(27)17-22-13-14-24(30-22)31(28,29)26-15-5-6-16-26/h2-4,7-14,18H,5-6,15-17H2,1H3,(H,25,27)/t18-/m1/s1. The van der Waals surface area contributed by atoms with Crippen molar-refractivity contribution < 1.29 is 13.2 Å². The number of nitrogens with zero attached hydrogens (tertiary/aromatic N) is 1.